The zero-order valence-corrected chi connectivity index (χ0v) is 11.6. The van der Waals surface area contributed by atoms with Gasteiger partial charge in [0, 0.05) is 0 Å². The minimum atomic E-state index is 1.30. The van der Waals surface area contributed by atoms with Crippen LogP contribution in [0.1, 0.15) is 90.9 Å². The van der Waals surface area contributed by atoms with Gasteiger partial charge >= 0.3 is 0 Å². The number of allylic oxidation sites excluding steroid dienone is 2. The van der Waals surface area contributed by atoms with Crippen LogP contribution >= 0.6 is 0 Å². The predicted molar refractivity (Wildman–Crippen MR) is 75.9 cm³/mol. The van der Waals surface area contributed by atoms with Gasteiger partial charge in [0.1, 0.15) is 0 Å². The SMILES string of the molecule is CCCCCC/C=C/CCCCCCCC. The van der Waals surface area contributed by atoms with Crippen LogP contribution in [0.5, 0.6) is 0 Å². The van der Waals surface area contributed by atoms with Gasteiger partial charge in [-0.25, -0.2) is 0 Å². The van der Waals surface area contributed by atoms with E-state index in [0.29, 0.717) is 0 Å². The van der Waals surface area contributed by atoms with Gasteiger partial charge in [-0.15, -0.1) is 0 Å². The maximum Gasteiger partial charge on any atom is -0.0351 e. The zero-order chi connectivity index (χ0) is 11.9. The Morgan fingerprint density at radius 3 is 1.38 bits per heavy atom. The smallest absolute Gasteiger partial charge is 0.0351 e. The van der Waals surface area contributed by atoms with Gasteiger partial charge < -0.3 is 0 Å². The highest BCUT2D eigenvalue weighted by molar-refractivity contribution is 4.81. The number of rotatable bonds is 12. The van der Waals surface area contributed by atoms with Gasteiger partial charge in [0.05, 0.1) is 0 Å². The Morgan fingerprint density at radius 2 is 0.875 bits per heavy atom. The second-order valence-electron chi connectivity index (χ2n) is 4.88. The van der Waals surface area contributed by atoms with Crippen LogP contribution in [-0.4, -0.2) is 0 Å². The van der Waals surface area contributed by atoms with E-state index in [1.54, 1.807) is 0 Å². The van der Waals surface area contributed by atoms with E-state index in [9.17, 15) is 0 Å². The minimum Gasteiger partial charge on any atom is -0.0885 e. The van der Waals surface area contributed by atoms with Gasteiger partial charge in [0.25, 0.3) is 0 Å². The van der Waals surface area contributed by atoms with Crippen LogP contribution in [0.15, 0.2) is 12.2 Å². The number of unbranched alkanes of at least 4 members (excludes halogenated alkanes) is 10. The highest BCUT2D eigenvalue weighted by atomic mass is 13.9. The Kier molecular flexibility index (Phi) is 14.5. The van der Waals surface area contributed by atoms with Crippen LogP contribution in [0.2, 0.25) is 0 Å². The van der Waals surface area contributed by atoms with Crippen molar-refractivity contribution >= 4 is 0 Å². The van der Waals surface area contributed by atoms with Crippen molar-refractivity contribution in [3.8, 4) is 0 Å². The average Bonchev–Trinajstić information content (AvgIpc) is 2.31. The summed E-state index contributed by atoms with van der Waals surface area (Å²) in [4.78, 5) is 0. The third-order valence-corrected chi connectivity index (χ3v) is 3.12. The van der Waals surface area contributed by atoms with E-state index in [-0.39, 0.29) is 0 Å². The summed E-state index contributed by atoms with van der Waals surface area (Å²) in [5.74, 6) is 0. The van der Waals surface area contributed by atoms with E-state index in [2.05, 4.69) is 26.0 Å². The molecule has 16 heavy (non-hydrogen) atoms. The molecule has 0 unspecified atom stereocenters. The molecule has 0 spiro atoms. The second-order valence-corrected chi connectivity index (χ2v) is 4.88. The summed E-state index contributed by atoms with van der Waals surface area (Å²) in [6.45, 7) is 4.55. The monoisotopic (exact) mass is 224 g/mol. The third-order valence-electron chi connectivity index (χ3n) is 3.12. The minimum absolute atomic E-state index is 1.30. The maximum atomic E-state index is 2.39. The lowest BCUT2D eigenvalue weighted by Crippen LogP contribution is -1.78. The fraction of sp³-hybridized carbons (Fsp3) is 0.875. The first-order valence-corrected chi connectivity index (χ1v) is 7.56. The normalized spacial score (nSPS) is 11.4. The third kappa shape index (κ3) is 13.7. The maximum absolute atomic E-state index is 2.39. The highest BCUT2D eigenvalue weighted by Crippen LogP contribution is 2.08. The summed E-state index contributed by atoms with van der Waals surface area (Å²) in [7, 11) is 0. The summed E-state index contributed by atoms with van der Waals surface area (Å²) in [5, 5.41) is 0. The first-order chi connectivity index (χ1) is 7.91. The molecule has 0 heterocycles. The van der Waals surface area contributed by atoms with Gasteiger partial charge in [-0.05, 0) is 25.7 Å². The first-order valence-electron chi connectivity index (χ1n) is 7.56. The molecule has 0 aliphatic carbocycles. The molecule has 0 atom stereocenters. The largest absolute Gasteiger partial charge is 0.0885 e. The molecule has 0 saturated heterocycles. The van der Waals surface area contributed by atoms with E-state index >= 15 is 0 Å². The topological polar surface area (TPSA) is 0 Å². The fourth-order valence-electron chi connectivity index (χ4n) is 1.97. The summed E-state index contributed by atoms with van der Waals surface area (Å²) >= 11 is 0. The molecular weight excluding hydrogens is 192 g/mol. The van der Waals surface area contributed by atoms with Crippen LogP contribution in [-0.2, 0) is 0 Å². The molecule has 96 valence electrons. The summed E-state index contributed by atoms with van der Waals surface area (Å²) < 4.78 is 0. The molecule has 0 aromatic rings. The van der Waals surface area contributed by atoms with Crippen molar-refractivity contribution in [3.05, 3.63) is 12.2 Å². The Bertz CT molecular complexity index is 135. The standard InChI is InChI=1S/C16H32/c1-3-5-7-9-11-13-15-16-14-12-10-8-6-4-2/h13,15H,3-12,14,16H2,1-2H3/b15-13+. The van der Waals surface area contributed by atoms with E-state index in [1.165, 1.54) is 77.0 Å². The van der Waals surface area contributed by atoms with Crippen LogP contribution < -0.4 is 0 Å². The van der Waals surface area contributed by atoms with Crippen molar-refractivity contribution in [2.24, 2.45) is 0 Å². The summed E-state index contributed by atoms with van der Waals surface area (Å²) in [6.07, 6.45) is 21.4. The summed E-state index contributed by atoms with van der Waals surface area (Å²) in [5.41, 5.74) is 0. The Morgan fingerprint density at radius 1 is 0.500 bits per heavy atom. The van der Waals surface area contributed by atoms with Crippen LogP contribution in [0, 0.1) is 0 Å². The van der Waals surface area contributed by atoms with E-state index in [0.717, 1.165) is 0 Å². The fourth-order valence-corrected chi connectivity index (χ4v) is 1.97. The van der Waals surface area contributed by atoms with Crippen molar-refractivity contribution in [1.29, 1.82) is 0 Å². The van der Waals surface area contributed by atoms with Crippen molar-refractivity contribution in [2.75, 3.05) is 0 Å². The molecule has 0 nitrogen and oxygen atoms in total. The Hall–Kier alpha value is -0.260. The molecule has 0 saturated carbocycles. The molecular formula is C16H32. The zero-order valence-electron chi connectivity index (χ0n) is 11.6. The molecule has 0 aromatic heterocycles. The molecule has 0 aliphatic rings. The van der Waals surface area contributed by atoms with E-state index in [1.807, 2.05) is 0 Å². The highest BCUT2D eigenvalue weighted by Gasteiger charge is 1.88. The molecule has 0 aliphatic heterocycles. The van der Waals surface area contributed by atoms with Crippen LogP contribution in [0.25, 0.3) is 0 Å². The van der Waals surface area contributed by atoms with Crippen LogP contribution in [0.3, 0.4) is 0 Å². The molecule has 0 aromatic carbocycles. The van der Waals surface area contributed by atoms with E-state index in [4.69, 9.17) is 0 Å². The lowest BCUT2D eigenvalue weighted by molar-refractivity contribution is 0.610. The second kappa shape index (κ2) is 14.7. The molecule has 0 bridgehead atoms. The lowest BCUT2D eigenvalue weighted by atomic mass is 10.1. The van der Waals surface area contributed by atoms with E-state index < -0.39 is 0 Å². The van der Waals surface area contributed by atoms with Crippen LogP contribution in [0.4, 0.5) is 0 Å². The van der Waals surface area contributed by atoms with Gasteiger partial charge in [-0.1, -0.05) is 77.4 Å². The molecule has 0 heteroatoms. The van der Waals surface area contributed by atoms with Crippen molar-refractivity contribution in [2.45, 2.75) is 90.9 Å². The number of hydrogen-bond donors (Lipinski definition) is 0. The Labute approximate surface area is 104 Å². The van der Waals surface area contributed by atoms with Gasteiger partial charge in [0.15, 0.2) is 0 Å². The first kappa shape index (κ1) is 15.7. The predicted octanol–water partition coefficient (Wildman–Crippen LogP) is 6.26. The molecule has 0 amide bonds. The average molecular weight is 224 g/mol. The van der Waals surface area contributed by atoms with Gasteiger partial charge in [0.2, 0.25) is 0 Å². The molecule has 0 N–H and O–H groups in total. The summed E-state index contributed by atoms with van der Waals surface area (Å²) in [6, 6.07) is 0. The van der Waals surface area contributed by atoms with Crippen molar-refractivity contribution in [1.82, 2.24) is 0 Å². The van der Waals surface area contributed by atoms with Gasteiger partial charge in [-0.3, -0.25) is 0 Å². The molecule has 0 rings (SSSR count). The molecule has 0 fully saturated rings. The lowest BCUT2D eigenvalue weighted by Gasteiger charge is -1.98. The quantitative estimate of drug-likeness (QED) is 0.271. The molecule has 0 radical (unpaired) electrons. The van der Waals surface area contributed by atoms with Gasteiger partial charge in [-0.2, -0.15) is 0 Å². The van der Waals surface area contributed by atoms with Crippen molar-refractivity contribution < 1.29 is 0 Å². The van der Waals surface area contributed by atoms with Crippen molar-refractivity contribution in [3.63, 3.8) is 0 Å². The number of hydrogen-bond acceptors (Lipinski definition) is 0. The Balaban J connectivity index is 2.98.